The molecule has 74 heavy (non-hydrogen) atoms. The van der Waals surface area contributed by atoms with Gasteiger partial charge in [-0.15, -0.1) is 53.6 Å². The predicted molar refractivity (Wildman–Crippen MR) is 302 cm³/mol. The molecule has 1 aliphatic heterocycles. The molecule has 9 aromatic rings. The largest absolute Gasteiger partial charge is 0.509 e. The molecule has 5 aliphatic rings. The molecule has 7 aromatic carbocycles. The predicted octanol–water partition coefficient (Wildman–Crippen LogP) is 17.8. The molecule has 14 rings (SSSR count). The zero-order chi connectivity index (χ0) is 50.2. The topological polar surface area (TPSA) is 33.5 Å². The van der Waals surface area contributed by atoms with E-state index in [1.807, 2.05) is 0 Å². The van der Waals surface area contributed by atoms with Crippen molar-refractivity contribution >= 4 is 55.3 Å². The fourth-order valence-corrected chi connectivity index (χ4v) is 14.3. The molecule has 3 heterocycles. The summed E-state index contributed by atoms with van der Waals surface area (Å²) in [6.07, 6.45) is 8.70. The summed E-state index contributed by atoms with van der Waals surface area (Å²) in [5, 5.41) is 5.01. The summed E-state index contributed by atoms with van der Waals surface area (Å²) in [4.78, 5) is 9.96. The first-order chi connectivity index (χ1) is 35.0. The average molecular weight is 1150 g/mol. The van der Waals surface area contributed by atoms with Crippen molar-refractivity contribution in [1.82, 2.24) is 9.55 Å². The Morgan fingerprint density at radius 3 is 1.88 bits per heavy atom. The first-order valence-electron chi connectivity index (χ1n) is 26.9. The van der Waals surface area contributed by atoms with Gasteiger partial charge in [0, 0.05) is 66.8 Å². The molecule has 0 unspecified atom stereocenters. The molecular formula is C68H67N4OPt-3. The van der Waals surface area contributed by atoms with Gasteiger partial charge in [-0.1, -0.05) is 159 Å². The van der Waals surface area contributed by atoms with E-state index in [2.05, 4.69) is 247 Å². The summed E-state index contributed by atoms with van der Waals surface area (Å²) in [7, 11) is 0. The molecule has 5 nitrogen and oxygen atoms in total. The third-order valence-electron chi connectivity index (χ3n) is 17.4. The van der Waals surface area contributed by atoms with Crippen LogP contribution < -0.4 is 14.5 Å². The van der Waals surface area contributed by atoms with Crippen LogP contribution in [0.5, 0.6) is 11.5 Å². The molecule has 4 bridgehead atoms. The molecule has 0 saturated heterocycles. The van der Waals surface area contributed by atoms with Crippen LogP contribution in [0.4, 0.5) is 22.7 Å². The van der Waals surface area contributed by atoms with Gasteiger partial charge in [0.2, 0.25) is 0 Å². The van der Waals surface area contributed by atoms with E-state index in [9.17, 15) is 0 Å². The van der Waals surface area contributed by atoms with Gasteiger partial charge in [0.25, 0.3) is 0 Å². The molecule has 0 N–H and O–H groups in total. The van der Waals surface area contributed by atoms with E-state index in [1.54, 1.807) is 0 Å². The van der Waals surface area contributed by atoms with Crippen LogP contribution in [-0.4, -0.2) is 9.55 Å². The Bertz CT molecular complexity index is 3570. The molecule has 4 fully saturated rings. The Hall–Kier alpha value is -6.16. The number of nitrogens with zero attached hydrogens (tertiary/aromatic N) is 4. The van der Waals surface area contributed by atoms with E-state index in [1.165, 1.54) is 76.2 Å². The molecule has 4 saturated carbocycles. The van der Waals surface area contributed by atoms with Crippen molar-refractivity contribution in [3.63, 3.8) is 0 Å². The summed E-state index contributed by atoms with van der Waals surface area (Å²) in [6.45, 7) is 23.0. The quantitative estimate of drug-likeness (QED) is 0.149. The van der Waals surface area contributed by atoms with Crippen molar-refractivity contribution in [2.75, 3.05) is 9.80 Å². The summed E-state index contributed by atoms with van der Waals surface area (Å²) >= 11 is 0. The second kappa shape index (κ2) is 17.7. The minimum Gasteiger partial charge on any atom is -0.509 e. The fourth-order valence-electron chi connectivity index (χ4n) is 14.3. The summed E-state index contributed by atoms with van der Waals surface area (Å²) < 4.78 is 9.37. The standard InChI is InChI=1S/C68H67N4O.Pt/c1-65(2,3)47-37-50(70-42-71(61-27-15-14-26-60(61)70)64-57(66(4,5)6)23-17-24-58(64)67(7,8)9)40-52(38-47)73-51-28-29-55-54-21-12-13-25-59(54)72(62(55)41-51)63-39-46(30-31-69-63)68(48-33-43-32-44(35-48)36-49(68)34-43)56-22-16-19-45-18-10-11-20-53(45)56;/h10-31,37-39,42-44,48-49H,32-36H2,1-9H3;/q-3;. The minimum atomic E-state index is -0.170. The van der Waals surface area contributed by atoms with E-state index < -0.39 is 0 Å². The van der Waals surface area contributed by atoms with Gasteiger partial charge in [-0.05, 0) is 141 Å². The van der Waals surface area contributed by atoms with Gasteiger partial charge in [0.1, 0.15) is 5.82 Å². The Kier molecular flexibility index (Phi) is 11.7. The fraction of sp³-hybridized carbons (Fsp3) is 0.324. The Labute approximate surface area is 453 Å². The number of benzene rings is 7. The van der Waals surface area contributed by atoms with Crippen LogP contribution in [0.25, 0.3) is 38.4 Å². The third kappa shape index (κ3) is 7.84. The van der Waals surface area contributed by atoms with E-state index >= 15 is 0 Å². The molecule has 0 spiro atoms. The van der Waals surface area contributed by atoms with Gasteiger partial charge in [0.05, 0.1) is 0 Å². The second-order valence-corrected chi connectivity index (χ2v) is 25.1. The minimum absolute atomic E-state index is 0. The number of aromatic nitrogens is 2. The van der Waals surface area contributed by atoms with Crippen LogP contribution in [0.2, 0.25) is 0 Å². The van der Waals surface area contributed by atoms with E-state index in [0.29, 0.717) is 23.3 Å². The summed E-state index contributed by atoms with van der Waals surface area (Å²) in [5.74, 6) is 5.07. The number of ether oxygens (including phenoxy) is 1. The number of rotatable bonds is 7. The Morgan fingerprint density at radius 2 is 1.19 bits per heavy atom. The number of para-hydroxylation sites is 4. The van der Waals surface area contributed by atoms with Crippen LogP contribution in [-0.2, 0) is 42.7 Å². The number of hydrogen-bond donors (Lipinski definition) is 0. The van der Waals surface area contributed by atoms with Gasteiger partial charge >= 0.3 is 0 Å². The van der Waals surface area contributed by atoms with Crippen molar-refractivity contribution in [2.45, 2.75) is 116 Å². The Balaban J connectivity index is 0.00000556. The van der Waals surface area contributed by atoms with Crippen molar-refractivity contribution in [3.8, 4) is 17.3 Å². The monoisotopic (exact) mass is 1150 g/mol. The average Bonchev–Trinajstić information content (AvgIpc) is 3.91. The van der Waals surface area contributed by atoms with E-state index in [0.717, 1.165) is 56.7 Å². The van der Waals surface area contributed by atoms with Crippen molar-refractivity contribution in [1.29, 1.82) is 0 Å². The number of anilines is 4. The maximum atomic E-state index is 7.04. The van der Waals surface area contributed by atoms with Crippen LogP contribution in [0.1, 0.15) is 122 Å². The van der Waals surface area contributed by atoms with Gasteiger partial charge < -0.3 is 19.1 Å². The zero-order valence-corrected chi connectivity index (χ0v) is 46.6. The molecule has 378 valence electrons. The smallest absolute Gasteiger partial charge is 0.135 e. The van der Waals surface area contributed by atoms with Crippen LogP contribution in [0.15, 0.2) is 152 Å². The van der Waals surface area contributed by atoms with Gasteiger partial charge in [0.15, 0.2) is 0 Å². The maximum Gasteiger partial charge on any atom is 0.135 e. The molecule has 2 aromatic heterocycles. The van der Waals surface area contributed by atoms with Gasteiger partial charge in [-0.3, -0.25) is 0 Å². The molecular weight excluding hydrogens is 1080 g/mol. The SMILES string of the molecule is CC(C)(C)c1cc(Oc2[c-]c3c(cc2)c2ccccc2n3-c2cc(C3(c4cccc5ccccc45)C4CC5CC(C4)CC3C5)ccn2)[c-]c(N2[CH-]N(c3c(C(C)(C)C)cccc3C(C)(C)C)c3ccccc32)c1.[Pt]. The van der Waals surface area contributed by atoms with Crippen LogP contribution in [0.3, 0.4) is 0 Å². The van der Waals surface area contributed by atoms with Crippen LogP contribution >= 0.6 is 0 Å². The Morgan fingerprint density at radius 1 is 0.568 bits per heavy atom. The van der Waals surface area contributed by atoms with Crippen molar-refractivity contribution in [2.24, 2.45) is 23.7 Å². The van der Waals surface area contributed by atoms with Gasteiger partial charge in [-0.25, -0.2) is 4.98 Å². The summed E-state index contributed by atoms with van der Waals surface area (Å²) in [6, 6.07) is 61.6. The first kappa shape index (κ1) is 48.8. The van der Waals surface area contributed by atoms with Crippen molar-refractivity contribution < 1.29 is 25.8 Å². The number of hydrogen-bond acceptors (Lipinski definition) is 4. The van der Waals surface area contributed by atoms with Gasteiger partial charge in [-0.2, -0.15) is 6.07 Å². The molecule has 0 amide bonds. The first-order valence-corrected chi connectivity index (χ1v) is 26.9. The van der Waals surface area contributed by atoms with Crippen molar-refractivity contribution in [3.05, 3.63) is 198 Å². The molecule has 4 aliphatic carbocycles. The zero-order valence-electron chi connectivity index (χ0n) is 44.4. The second-order valence-electron chi connectivity index (χ2n) is 25.1. The van der Waals surface area contributed by atoms with Crippen LogP contribution in [0, 0.1) is 42.5 Å². The maximum absolute atomic E-state index is 7.04. The molecule has 0 atom stereocenters. The van der Waals surface area contributed by atoms with E-state index in [4.69, 9.17) is 9.72 Å². The molecule has 0 radical (unpaired) electrons. The number of fused-ring (bicyclic) bond motifs is 5. The normalized spacial score (nSPS) is 21.4. The molecule has 6 heteroatoms. The van der Waals surface area contributed by atoms with E-state index in [-0.39, 0.29) is 42.7 Å². The third-order valence-corrected chi connectivity index (χ3v) is 17.4. The number of pyridine rings is 1. The summed E-state index contributed by atoms with van der Waals surface area (Å²) in [5.41, 5.74) is 12.7.